The number of carbonyl (C=O) groups excluding carboxylic acids is 1. The number of aryl methyl sites for hydroxylation is 2. The van der Waals surface area contributed by atoms with Gasteiger partial charge in [-0.3, -0.25) is 9.48 Å². The molecule has 1 aliphatic rings. The summed E-state index contributed by atoms with van der Waals surface area (Å²) in [5, 5.41) is 18.9. The number of piperazine rings is 1. The van der Waals surface area contributed by atoms with Gasteiger partial charge in [-0.15, -0.1) is 0 Å². The number of carbonyl (C=O) groups is 1. The zero-order valence-corrected chi connectivity index (χ0v) is 19.7. The Hall–Kier alpha value is -3.50. The van der Waals surface area contributed by atoms with E-state index in [1.54, 1.807) is 23.7 Å². The highest BCUT2D eigenvalue weighted by Gasteiger charge is 2.21. The summed E-state index contributed by atoms with van der Waals surface area (Å²) in [5.74, 6) is -0.804. The Balaban J connectivity index is 0.00000133. The van der Waals surface area contributed by atoms with Crippen molar-refractivity contribution in [2.24, 2.45) is 0 Å². The van der Waals surface area contributed by atoms with E-state index in [2.05, 4.69) is 27.4 Å². The summed E-state index contributed by atoms with van der Waals surface area (Å²) in [6.07, 6.45) is 6.36. The number of pyridine rings is 1. The molecule has 1 aromatic carbocycles. The number of anilines is 2. The topological polar surface area (TPSA) is 99.7 Å². The maximum Gasteiger partial charge on any atom is 0.257 e. The van der Waals surface area contributed by atoms with E-state index in [1.165, 1.54) is 6.07 Å². The molecule has 0 aliphatic carbocycles. The second-order valence-electron chi connectivity index (χ2n) is 8.17. The Morgan fingerprint density at radius 3 is 2.71 bits per heavy atom. The van der Waals surface area contributed by atoms with Crippen molar-refractivity contribution >= 4 is 33.8 Å². The summed E-state index contributed by atoms with van der Waals surface area (Å²) < 4.78 is 17.9. The van der Waals surface area contributed by atoms with E-state index in [0.29, 0.717) is 22.5 Å². The maximum atomic E-state index is 14.5. The lowest BCUT2D eigenvalue weighted by Gasteiger charge is -2.30. The Bertz CT molecular complexity index is 1310. The van der Waals surface area contributed by atoms with E-state index in [9.17, 15) is 9.18 Å². The lowest BCUT2D eigenvalue weighted by molar-refractivity contribution is 0.102. The van der Waals surface area contributed by atoms with Gasteiger partial charge >= 0.3 is 0 Å². The molecule has 10 heteroatoms. The fraction of sp³-hybridized carbons (Fsp3) is 0.375. The summed E-state index contributed by atoms with van der Waals surface area (Å²) in [7, 11) is 1.00. The van der Waals surface area contributed by atoms with Crippen LogP contribution in [0.5, 0.6) is 0 Å². The molecule has 3 aromatic heterocycles. The molecule has 1 aliphatic heterocycles. The first-order valence-corrected chi connectivity index (χ1v) is 11.4. The molecule has 1 amide bonds. The number of imidazole rings is 1. The number of halogens is 1. The molecule has 0 atom stereocenters. The van der Waals surface area contributed by atoms with Gasteiger partial charge in [0, 0.05) is 75.6 Å². The molecule has 180 valence electrons. The van der Waals surface area contributed by atoms with Crippen LogP contribution in [0.1, 0.15) is 29.4 Å². The van der Waals surface area contributed by atoms with Crippen LogP contribution in [0.15, 0.2) is 36.8 Å². The van der Waals surface area contributed by atoms with Gasteiger partial charge in [0.1, 0.15) is 5.52 Å². The number of hydrogen-bond acceptors (Lipinski definition) is 6. The molecule has 3 N–H and O–H groups in total. The van der Waals surface area contributed by atoms with Gasteiger partial charge in [0.2, 0.25) is 0 Å². The minimum Gasteiger partial charge on any atom is -0.400 e. The molecule has 34 heavy (non-hydrogen) atoms. The number of nitrogens with zero attached hydrogens (tertiary/aromatic N) is 5. The van der Waals surface area contributed by atoms with Gasteiger partial charge < -0.3 is 25.0 Å². The van der Waals surface area contributed by atoms with Gasteiger partial charge in [0.05, 0.1) is 16.9 Å². The van der Waals surface area contributed by atoms with Gasteiger partial charge in [-0.05, 0) is 25.5 Å². The molecule has 9 nitrogen and oxygen atoms in total. The second kappa shape index (κ2) is 10.2. The summed E-state index contributed by atoms with van der Waals surface area (Å²) in [5.41, 5.74) is 3.52. The Labute approximate surface area is 197 Å². The van der Waals surface area contributed by atoms with Crippen LogP contribution in [0.3, 0.4) is 0 Å². The zero-order chi connectivity index (χ0) is 24.2. The fourth-order valence-corrected chi connectivity index (χ4v) is 4.29. The number of amides is 1. The van der Waals surface area contributed by atoms with Gasteiger partial charge in [0.25, 0.3) is 5.91 Å². The number of aliphatic hydroxyl groups is 1. The van der Waals surface area contributed by atoms with E-state index in [1.807, 2.05) is 23.0 Å². The zero-order valence-electron chi connectivity index (χ0n) is 19.7. The molecule has 4 heterocycles. The minimum absolute atomic E-state index is 0.238. The standard InChI is InChI=1S/C23H26FN7O.CH4O/c1-3-8-31-14-18-20(29-9-6-25-7-10-29)5-4-17(21(18)28-31)23(32)27-16-11-19(24)22-26-15(2)12-30(22)13-16;1-2/h4-5,11-14,25H,3,6-10H2,1-2H3,(H,27,32);2H,1H3. The average Bonchev–Trinajstić information content (AvgIpc) is 3.43. The van der Waals surface area contributed by atoms with Crippen LogP contribution < -0.4 is 15.5 Å². The van der Waals surface area contributed by atoms with Crippen LogP contribution in [0.2, 0.25) is 0 Å². The van der Waals surface area contributed by atoms with Crippen LogP contribution >= 0.6 is 0 Å². The lowest BCUT2D eigenvalue weighted by Crippen LogP contribution is -2.43. The van der Waals surface area contributed by atoms with Crippen LogP contribution in [0, 0.1) is 12.7 Å². The first-order valence-electron chi connectivity index (χ1n) is 11.4. The Morgan fingerprint density at radius 2 is 1.97 bits per heavy atom. The van der Waals surface area contributed by atoms with Crippen molar-refractivity contribution in [2.45, 2.75) is 26.8 Å². The summed E-state index contributed by atoms with van der Waals surface area (Å²) in [4.78, 5) is 19.7. The molecule has 1 saturated heterocycles. The first-order chi connectivity index (χ1) is 16.5. The molecule has 0 spiro atoms. The Morgan fingerprint density at radius 1 is 1.21 bits per heavy atom. The number of benzene rings is 1. The average molecular weight is 468 g/mol. The number of aromatic nitrogens is 4. The van der Waals surface area contributed by atoms with E-state index >= 15 is 0 Å². The predicted octanol–water partition coefficient (Wildman–Crippen LogP) is 2.81. The second-order valence-corrected chi connectivity index (χ2v) is 8.17. The number of nitrogens with one attached hydrogen (secondary N) is 2. The van der Waals surface area contributed by atoms with Crippen molar-refractivity contribution in [2.75, 3.05) is 43.5 Å². The summed E-state index contributed by atoms with van der Waals surface area (Å²) in [6, 6.07) is 5.10. The quantitative estimate of drug-likeness (QED) is 0.417. The molecule has 0 unspecified atom stereocenters. The van der Waals surface area contributed by atoms with Gasteiger partial charge in [-0.1, -0.05) is 6.92 Å². The molecule has 4 aromatic rings. The molecule has 5 rings (SSSR count). The molecule has 1 fully saturated rings. The largest absolute Gasteiger partial charge is 0.400 e. The maximum absolute atomic E-state index is 14.5. The third-order valence-electron chi connectivity index (χ3n) is 5.74. The predicted molar refractivity (Wildman–Crippen MR) is 131 cm³/mol. The number of rotatable bonds is 5. The number of fused-ring (bicyclic) bond motifs is 2. The van der Waals surface area contributed by atoms with E-state index in [0.717, 1.165) is 57.3 Å². The van der Waals surface area contributed by atoms with Crippen molar-refractivity contribution in [3.8, 4) is 0 Å². The van der Waals surface area contributed by atoms with E-state index in [4.69, 9.17) is 10.2 Å². The highest BCUT2D eigenvalue weighted by molar-refractivity contribution is 6.13. The summed E-state index contributed by atoms with van der Waals surface area (Å²) >= 11 is 0. The van der Waals surface area contributed by atoms with Crippen LogP contribution in [0.25, 0.3) is 16.6 Å². The minimum atomic E-state index is -0.484. The molecule has 0 bridgehead atoms. The van der Waals surface area contributed by atoms with E-state index in [-0.39, 0.29) is 11.6 Å². The highest BCUT2D eigenvalue weighted by Crippen LogP contribution is 2.30. The molecule has 0 radical (unpaired) electrons. The van der Waals surface area contributed by atoms with Crippen molar-refractivity contribution in [1.82, 2.24) is 24.5 Å². The fourth-order valence-electron chi connectivity index (χ4n) is 4.29. The SMILES string of the molecule is CCCn1cc2c(N3CCNCC3)ccc(C(=O)Nc3cc(F)c4nc(C)cn4c3)c2n1.CO. The smallest absolute Gasteiger partial charge is 0.257 e. The van der Waals surface area contributed by atoms with Gasteiger partial charge in [-0.2, -0.15) is 5.10 Å². The van der Waals surface area contributed by atoms with Crippen molar-refractivity contribution in [3.05, 3.63) is 53.9 Å². The highest BCUT2D eigenvalue weighted by atomic mass is 19.1. The van der Waals surface area contributed by atoms with Crippen LogP contribution in [-0.2, 0) is 6.54 Å². The molecular weight excluding hydrogens is 437 g/mol. The lowest BCUT2D eigenvalue weighted by atomic mass is 10.1. The third kappa shape index (κ3) is 4.59. The monoisotopic (exact) mass is 467 g/mol. The van der Waals surface area contributed by atoms with Gasteiger partial charge in [-0.25, -0.2) is 9.37 Å². The van der Waals surface area contributed by atoms with Crippen molar-refractivity contribution in [1.29, 1.82) is 0 Å². The molecule has 0 saturated carbocycles. The molecular formula is C24H30FN7O2. The van der Waals surface area contributed by atoms with Crippen molar-refractivity contribution < 1.29 is 14.3 Å². The van der Waals surface area contributed by atoms with Crippen molar-refractivity contribution in [3.63, 3.8) is 0 Å². The van der Waals surface area contributed by atoms with E-state index < -0.39 is 5.82 Å². The van der Waals surface area contributed by atoms with Crippen LogP contribution in [-0.4, -0.2) is 63.5 Å². The Kier molecular flexibility index (Phi) is 7.09. The normalized spacial score (nSPS) is 13.7. The third-order valence-corrected chi connectivity index (χ3v) is 5.74. The van der Waals surface area contributed by atoms with Gasteiger partial charge in [0.15, 0.2) is 11.5 Å². The number of hydrogen-bond donors (Lipinski definition) is 3. The first kappa shape index (κ1) is 23.7. The number of aliphatic hydroxyl groups excluding tert-OH is 1. The van der Waals surface area contributed by atoms with Crippen LogP contribution in [0.4, 0.5) is 15.8 Å². The summed E-state index contributed by atoms with van der Waals surface area (Å²) in [6.45, 7) is 8.34.